The average Bonchev–Trinajstić information content (AvgIpc) is 2.20. The van der Waals surface area contributed by atoms with E-state index in [9.17, 15) is 13.2 Å². The van der Waals surface area contributed by atoms with E-state index in [-0.39, 0.29) is 5.91 Å². The molecular weight excluding hydrogens is 228 g/mol. The van der Waals surface area contributed by atoms with Crippen molar-refractivity contribution in [1.82, 2.24) is 0 Å². The molecule has 0 saturated heterocycles. The van der Waals surface area contributed by atoms with Gasteiger partial charge in [-0.1, -0.05) is 6.58 Å². The van der Waals surface area contributed by atoms with Crippen LogP contribution in [0.25, 0.3) is 0 Å². The fourth-order valence-corrected chi connectivity index (χ4v) is 1.33. The maximum Gasteiger partial charge on any atom is 0.250 e. The number of rotatable bonds is 4. The van der Waals surface area contributed by atoms with Gasteiger partial charge in [0.25, 0.3) is 5.91 Å². The van der Waals surface area contributed by atoms with Crippen LogP contribution in [0.2, 0.25) is 0 Å². The van der Waals surface area contributed by atoms with E-state index >= 15 is 0 Å². The predicted octanol–water partition coefficient (Wildman–Crippen LogP) is 1.14. The molecule has 0 bridgehead atoms. The second-order valence-electron chi connectivity index (χ2n) is 3.18. The van der Waals surface area contributed by atoms with Crippen LogP contribution >= 0.6 is 0 Å². The number of amides is 1. The van der Waals surface area contributed by atoms with E-state index < -0.39 is 10.9 Å². The molecule has 1 rings (SSSR count). The number of benzene rings is 1. The first-order chi connectivity index (χ1) is 7.49. The maximum atomic E-state index is 11.3. The van der Waals surface area contributed by atoms with Gasteiger partial charge >= 0.3 is 0 Å². The van der Waals surface area contributed by atoms with Crippen LogP contribution in [0.3, 0.4) is 0 Å². The minimum Gasteiger partial charge on any atom is -0.322 e. The Labute approximate surface area is 95.3 Å². The Morgan fingerprint density at radius 2 is 1.69 bits per heavy atom. The quantitative estimate of drug-likeness (QED) is 0.545. The molecule has 1 aromatic rings. The van der Waals surface area contributed by atoms with Gasteiger partial charge in [-0.15, -0.1) is 0 Å². The number of carbonyl (C=O) groups excluding carboxylic acids is 1. The molecule has 0 heterocycles. The van der Waals surface area contributed by atoms with E-state index in [1.165, 1.54) is 0 Å². The van der Waals surface area contributed by atoms with Crippen LogP contribution < -0.4 is 10.0 Å². The molecule has 0 aliphatic heterocycles. The first kappa shape index (κ1) is 12.3. The van der Waals surface area contributed by atoms with Gasteiger partial charge in [-0.3, -0.25) is 9.52 Å². The third-order valence-electron chi connectivity index (χ3n) is 1.75. The molecule has 0 atom stereocenters. The standard InChI is InChI=1S/C10H12N2O3S/c1-7(2)10(13)11-8-3-5-9(6-4-8)12-16(14)15/h3-6,16H,1H2,2H3,(H,11,13)(H,12,14,15). The Morgan fingerprint density at radius 3 is 2.12 bits per heavy atom. The highest BCUT2D eigenvalue weighted by Gasteiger charge is 2.01. The SMILES string of the molecule is C=C(C)C(=O)Nc1ccc(N[SH](=O)=O)cc1. The molecule has 86 valence electrons. The number of thiol groups is 1. The van der Waals surface area contributed by atoms with Gasteiger partial charge in [0.15, 0.2) is 0 Å². The summed E-state index contributed by atoms with van der Waals surface area (Å²) in [6.45, 7) is 5.11. The fourth-order valence-electron chi connectivity index (χ4n) is 0.971. The van der Waals surface area contributed by atoms with Gasteiger partial charge in [-0.25, -0.2) is 8.42 Å². The third kappa shape index (κ3) is 3.74. The fraction of sp³-hybridized carbons (Fsp3) is 0.100. The van der Waals surface area contributed by atoms with E-state index in [0.717, 1.165) is 0 Å². The largest absolute Gasteiger partial charge is 0.322 e. The Bertz CT molecular complexity index is 469. The second kappa shape index (κ2) is 5.32. The molecule has 1 amide bonds. The van der Waals surface area contributed by atoms with Crippen LogP contribution in [0.15, 0.2) is 36.4 Å². The van der Waals surface area contributed by atoms with Crippen molar-refractivity contribution in [3.63, 3.8) is 0 Å². The average molecular weight is 240 g/mol. The molecule has 1 aromatic carbocycles. The van der Waals surface area contributed by atoms with Crippen LogP contribution in [0.1, 0.15) is 6.92 Å². The van der Waals surface area contributed by atoms with Crippen LogP contribution in [0.4, 0.5) is 11.4 Å². The molecule has 0 unspecified atom stereocenters. The molecule has 0 aliphatic rings. The van der Waals surface area contributed by atoms with Crippen LogP contribution in [0, 0.1) is 0 Å². The van der Waals surface area contributed by atoms with Crippen molar-refractivity contribution in [1.29, 1.82) is 0 Å². The highest BCUT2D eigenvalue weighted by Crippen LogP contribution is 2.13. The number of hydrogen-bond donors (Lipinski definition) is 3. The van der Waals surface area contributed by atoms with E-state index in [1.54, 1.807) is 31.2 Å². The van der Waals surface area contributed by atoms with E-state index in [1.807, 2.05) is 0 Å². The summed E-state index contributed by atoms with van der Waals surface area (Å²) in [5.74, 6) is -0.268. The van der Waals surface area contributed by atoms with Crippen molar-refractivity contribution >= 4 is 28.2 Å². The van der Waals surface area contributed by atoms with Gasteiger partial charge in [0.05, 0.1) is 0 Å². The zero-order chi connectivity index (χ0) is 12.1. The normalized spacial score (nSPS) is 9.88. The lowest BCUT2D eigenvalue weighted by molar-refractivity contribution is -0.112. The molecule has 0 saturated carbocycles. The summed E-state index contributed by atoms with van der Waals surface area (Å²) in [6, 6.07) is 6.31. The summed E-state index contributed by atoms with van der Waals surface area (Å²) < 4.78 is 23.0. The van der Waals surface area contributed by atoms with E-state index in [4.69, 9.17) is 0 Å². The predicted molar refractivity (Wildman–Crippen MR) is 63.8 cm³/mol. The molecule has 0 fully saturated rings. The molecule has 5 nitrogen and oxygen atoms in total. The van der Waals surface area contributed by atoms with Crippen LogP contribution in [-0.2, 0) is 15.7 Å². The summed E-state index contributed by atoms with van der Waals surface area (Å²) in [7, 11) is -2.66. The zero-order valence-corrected chi connectivity index (χ0v) is 9.58. The Balaban J connectivity index is 2.71. The Kier molecular flexibility index (Phi) is 4.07. The number of hydrogen-bond acceptors (Lipinski definition) is 3. The Morgan fingerprint density at radius 1 is 1.19 bits per heavy atom. The smallest absolute Gasteiger partial charge is 0.250 e. The van der Waals surface area contributed by atoms with Crippen molar-refractivity contribution < 1.29 is 13.2 Å². The third-order valence-corrected chi connectivity index (χ3v) is 2.19. The minimum atomic E-state index is -2.66. The minimum absolute atomic E-state index is 0.268. The lowest BCUT2D eigenvalue weighted by atomic mass is 10.2. The summed E-state index contributed by atoms with van der Waals surface area (Å²) in [5.41, 5.74) is 1.44. The van der Waals surface area contributed by atoms with Crippen LogP contribution in [0.5, 0.6) is 0 Å². The summed E-state index contributed by atoms with van der Waals surface area (Å²) in [6.07, 6.45) is 0. The van der Waals surface area contributed by atoms with Gasteiger partial charge < -0.3 is 5.32 Å². The van der Waals surface area contributed by atoms with Crippen molar-refractivity contribution in [2.75, 3.05) is 10.0 Å². The molecule has 6 heteroatoms. The first-order valence-electron chi connectivity index (χ1n) is 4.47. The van der Waals surface area contributed by atoms with Gasteiger partial charge in [-0.2, -0.15) is 0 Å². The molecular formula is C10H12N2O3S. The van der Waals surface area contributed by atoms with Gasteiger partial charge in [0.1, 0.15) is 0 Å². The first-order valence-corrected chi connectivity index (χ1v) is 5.65. The highest BCUT2D eigenvalue weighted by atomic mass is 32.2. The summed E-state index contributed by atoms with van der Waals surface area (Å²) in [4.78, 5) is 11.3. The van der Waals surface area contributed by atoms with E-state index in [0.29, 0.717) is 16.9 Å². The van der Waals surface area contributed by atoms with Crippen molar-refractivity contribution in [2.45, 2.75) is 6.92 Å². The zero-order valence-electron chi connectivity index (χ0n) is 8.69. The molecule has 2 N–H and O–H groups in total. The number of nitrogens with one attached hydrogen (secondary N) is 2. The Hall–Kier alpha value is -1.82. The number of anilines is 2. The van der Waals surface area contributed by atoms with Gasteiger partial charge in [-0.05, 0) is 31.2 Å². The molecule has 0 aliphatic carbocycles. The topological polar surface area (TPSA) is 75.3 Å². The lowest BCUT2D eigenvalue weighted by Gasteiger charge is -2.05. The molecule has 0 spiro atoms. The molecule has 0 aromatic heterocycles. The van der Waals surface area contributed by atoms with Crippen LogP contribution in [-0.4, -0.2) is 14.3 Å². The molecule has 0 radical (unpaired) electrons. The van der Waals surface area contributed by atoms with Gasteiger partial charge in [0, 0.05) is 16.9 Å². The van der Waals surface area contributed by atoms with Crippen molar-refractivity contribution in [3.8, 4) is 0 Å². The van der Waals surface area contributed by atoms with Crippen molar-refractivity contribution in [2.24, 2.45) is 0 Å². The van der Waals surface area contributed by atoms with Gasteiger partial charge in [0.2, 0.25) is 10.9 Å². The summed E-state index contributed by atoms with van der Waals surface area (Å²) in [5, 5.41) is 2.60. The molecule has 16 heavy (non-hydrogen) atoms. The van der Waals surface area contributed by atoms with Crippen molar-refractivity contribution in [3.05, 3.63) is 36.4 Å². The highest BCUT2D eigenvalue weighted by molar-refractivity contribution is 7.73. The summed E-state index contributed by atoms with van der Waals surface area (Å²) >= 11 is 0. The monoisotopic (exact) mass is 240 g/mol. The second-order valence-corrected chi connectivity index (χ2v) is 3.92. The number of carbonyl (C=O) groups is 1. The maximum absolute atomic E-state index is 11.3. The lowest BCUT2D eigenvalue weighted by Crippen LogP contribution is -2.11. The van der Waals surface area contributed by atoms with E-state index in [2.05, 4.69) is 16.6 Å².